The summed E-state index contributed by atoms with van der Waals surface area (Å²) in [6, 6.07) is 3.59. The van der Waals surface area contributed by atoms with Gasteiger partial charge in [0.1, 0.15) is 0 Å². The number of nitrogens with zero attached hydrogens (tertiary/aromatic N) is 1. The lowest BCUT2D eigenvalue weighted by Gasteiger charge is -2.10. The average molecular weight is 201 g/mol. The molecule has 0 saturated heterocycles. The van der Waals surface area contributed by atoms with Gasteiger partial charge < -0.3 is 10.0 Å². The molecule has 3 nitrogen and oxygen atoms in total. The minimum absolute atomic E-state index is 0.395. The molecule has 4 heteroatoms. The molecule has 0 unspecified atom stereocenters. The number of aliphatic imine (C=N–C) groups is 1. The van der Waals surface area contributed by atoms with Crippen LogP contribution in [0.25, 0.3) is 5.57 Å². The summed E-state index contributed by atoms with van der Waals surface area (Å²) in [7, 11) is -1.51. The summed E-state index contributed by atoms with van der Waals surface area (Å²) in [5.41, 5.74) is 4.05. The summed E-state index contributed by atoms with van der Waals surface area (Å²) < 4.78 is 0. The van der Waals surface area contributed by atoms with E-state index in [9.17, 15) is 10.0 Å². The van der Waals surface area contributed by atoms with E-state index in [0.29, 0.717) is 11.2 Å². The third kappa shape index (κ3) is 1.52. The quantitative estimate of drug-likeness (QED) is 0.545. The first-order chi connectivity index (χ1) is 7.15. The van der Waals surface area contributed by atoms with Crippen LogP contribution in [-0.4, -0.2) is 23.9 Å². The minimum Gasteiger partial charge on any atom is -0.423 e. The van der Waals surface area contributed by atoms with Crippen LogP contribution in [0.2, 0.25) is 0 Å². The van der Waals surface area contributed by atoms with Crippen LogP contribution in [0.3, 0.4) is 0 Å². The highest BCUT2D eigenvalue weighted by molar-refractivity contribution is 6.60. The van der Waals surface area contributed by atoms with Gasteiger partial charge in [-0.05, 0) is 30.7 Å². The van der Waals surface area contributed by atoms with E-state index in [1.807, 2.05) is 6.07 Å². The van der Waals surface area contributed by atoms with Crippen molar-refractivity contribution in [1.29, 1.82) is 0 Å². The highest BCUT2D eigenvalue weighted by atomic mass is 16.4. The van der Waals surface area contributed by atoms with Gasteiger partial charge in [-0.25, -0.2) is 0 Å². The van der Waals surface area contributed by atoms with Crippen molar-refractivity contribution in [3.8, 4) is 0 Å². The van der Waals surface area contributed by atoms with Crippen LogP contribution in [0.4, 0.5) is 5.69 Å². The molecule has 0 aliphatic heterocycles. The molecule has 0 heterocycles. The Balaban J connectivity index is 2.68. The van der Waals surface area contributed by atoms with Gasteiger partial charge in [-0.2, -0.15) is 0 Å². The molecule has 0 bridgehead atoms. The monoisotopic (exact) mass is 201 g/mol. The van der Waals surface area contributed by atoms with Gasteiger partial charge in [-0.15, -0.1) is 0 Å². The van der Waals surface area contributed by atoms with Crippen molar-refractivity contribution >= 4 is 30.6 Å². The molecule has 0 amide bonds. The van der Waals surface area contributed by atoms with Crippen molar-refractivity contribution < 1.29 is 10.0 Å². The fourth-order valence-corrected chi connectivity index (χ4v) is 2.04. The van der Waals surface area contributed by atoms with Gasteiger partial charge in [0.05, 0.1) is 5.69 Å². The summed E-state index contributed by atoms with van der Waals surface area (Å²) in [6.45, 7) is 7.43. The second-order valence-electron chi connectivity index (χ2n) is 3.67. The van der Waals surface area contributed by atoms with Gasteiger partial charge in [0.15, 0.2) is 0 Å². The van der Waals surface area contributed by atoms with E-state index in [-0.39, 0.29) is 0 Å². The number of hydrogen-bond donors (Lipinski definition) is 2. The average Bonchev–Trinajstić information content (AvgIpc) is 2.59. The van der Waals surface area contributed by atoms with Gasteiger partial charge in [-0.3, -0.25) is 4.99 Å². The molecule has 0 radical (unpaired) electrons. The first-order valence-corrected chi connectivity index (χ1v) is 4.82. The first kappa shape index (κ1) is 10.1. The van der Waals surface area contributed by atoms with Gasteiger partial charge in [-0.1, -0.05) is 18.7 Å². The van der Waals surface area contributed by atoms with Crippen LogP contribution in [0.5, 0.6) is 0 Å². The van der Waals surface area contributed by atoms with Crippen LogP contribution >= 0.6 is 0 Å². The van der Waals surface area contributed by atoms with E-state index >= 15 is 0 Å². The zero-order chi connectivity index (χ0) is 11.0. The molecule has 2 N–H and O–H groups in total. The standard InChI is InChI=1S/C11H12BNO2/c1-7-3-4-8-5-6-9(12(14)15)11(13-2)10(7)8/h5-6,14-15H,1-4H2. The number of benzene rings is 1. The molecular weight excluding hydrogens is 189 g/mol. The molecule has 2 rings (SSSR count). The number of hydrogen-bond acceptors (Lipinski definition) is 3. The van der Waals surface area contributed by atoms with Crippen LogP contribution < -0.4 is 5.46 Å². The molecule has 76 valence electrons. The highest BCUT2D eigenvalue weighted by Crippen LogP contribution is 2.36. The van der Waals surface area contributed by atoms with Crippen molar-refractivity contribution in [2.75, 3.05) is 0 Å². The van der Waals surface area contributed by atoms with Crippen LogP contribution in [0.1, 0.15) is 17.5 Å². The molecule has 0 fully saturated rings. The first-order valence-electron chi connectivity index (χ1n) is 4.82. The molecule has 1 aliphatic carbocycles. The maximum atomic E-state index is 9.19. The van der Waals surface area contributed by atoms with Crippen LogP contribution in [-0.2, 0) is 6.42 Å². The molecule has 15 heavy (non-hydrogen) atoms. The lowest BCUT2D eigenvalue weighted by Crippen LogP contribution is -2.30. The largest absolute Gasteiger partial charge is 0.490 e. The fourth-order valence-electron chi connectivity index (χ4n) is 2.04. The summed E-state index contributed by atoms with van der Waals surface area (Å²) in [6.07, 6.45) is 1.85. The molecule has 1 aromatic carbocycles. The van der Waals surface area contributed by atoms with Gasteiger partial charge in [0.25, 0.3) is 0 Å². The fraction of sp³-hybridized carbons (Fsp3) is 0.182. The van der Waals surface area contributed by atoms with Crippen LogP contribution in [0, 0.1) is 0 Å². The topological polar surface area (TPSA) is 52.8 Å². The molecule has 0 spiro atoms. The number of fused-ring (bicyclic) bond motifs is 1. The Bertz CT molecular complexity index is 440. The predicted octanol–water partition coefficient (Wildman–Crippen LogP) is 0.658. The molecule has 0 saturated carbocycles. The lowest BCUT2D eigenvalue weighted by atomic mass is 9.77. The summed E-state index contributed by atoms with van der Waals surface area (Å²) in [5.74, 6) is 0. The number of rotatable bonds is 2. The molecule has 1 aromatic rings. The van der Waals surface area contributed by atoms with Crippen LogP contribution in [0.15, 0.2) is 23.7 Å². The maximum absolute atomic E-state index is 9.19. The van der Waals surface area contributed by atoms with Crippen molar-refractivity contribution in [1.82, 2.24) is 0 Å². The maximum Gasteiger partial charge on any atom is 0.490 e. The van der Waals surface area contributed by atoms with E-state index in [1.54, 1.807) is 6.07 Å². The number of aryl methyl sites for hydroxylation is 1. The summed E-state index contributed by atoms with van der Waals surface area (Å²) in [5, 5.41) is 18.4. The van der Waals surface area contributed by atoms with Gasteiger partial charge in [0.2, 0.25) is 0 Å². The molecule has 0 aromatic heterocycles. The second-order valence-corrected chi connectivity index (χ2v) is 3.67. The zero-order valence-electron chi connectivity index (χ0n) is 8.40. The summed E-state index contributed by atoms with van der Waals surface area (Å²) >= 11 is 0. The predicted molar refractivity (Wildman–Crippen MR) is 62.8 cm³/mol. The normalized spacial score (nSPS) is 13.9. The second kappa shape index (κ2) is 3.64. The van der Waals surface area contributed by atoms with E-state index in [2.05, 4.69) is 18.3 Å². The molecule has 1 aliphatic rings. The molecular formula is C11H12BNO2. The summed E-state index contributed by atoms with van der Waals surface area (Å²) in [4.78, 5) is 3.88. The third-order valence-electron chi connectivity index (χ3n) is 2.78. The van der Waals surface area contributed by atoms with Crippen molar-refractivity contribution in [3.63, 3.8) is 0 Å². The van der Waals surface area contributed by atoms with Gasteiger partial charge >= 0.3 is 7.12 Å². The highest BCUT2D eigenvalue weighted by Gasteiger charge is 2.24. The van der Waals surface area contributed by atoms with Gasteiger partial charge in [0, 0.05) is 11.0 Å². The van der Waals surface area contributed by atoms with Crippen molar-refractivity contribution in [2.24, 2.45) is 4.99 Å². The Kier molecular flexibility index (Phi) is 2.46. The van der Waals surface area contributed by atoms with E-state index in [4.69, 9.17) is 0 Å². The van der Waals surface area contributed by atoms with Crippen molar-refractivity contribution in [3.05, 3.63) is 29.8 Å². The molecule has 0 atom stereocenters. The Morgan fingerprint density at radius 2 is 2.00 bits per heavy atom. The zero-order valence-corrected chi connectivity index (χ0v) is 8.40. The lowest BCUT2D eigenvalue weighted by molar-refractivity contribution is 0.426. The Morgan fingerprint density at radius 1 is 1.27 bits per heavy atom. The Morgan fingerprint density at radius 3 is 2.60 bits per heavy atom. The Hall–Kier alpha value is -1.39. The third-order valence-corrected chi connectivity index (χ3v) is 2.78. The smallest absolute Gasteiger partial charge is 0.423 e. The van der Waals surface area contributed by atoms with E-state index in [0.717, 1.165) is 29.5 Å². The van der Waals surface area contributed by atoms with Crippen molar-refractivity contribution in [2.45, 2.75) is 12.8 Å². The minimum atomic E-state index is -1.51. The van der Waals surface area contributed by atoms with E-state index < -0.39 is 7.12 Å². The Labute approximate surface area is 88.9 Å². The number of allylic oxidation sites excluding steroid dienone is 1. The SMILES string of the molecule is C=Nc1c(B(O)O)ccc2c1C(=C)CC2. The van der Waals surface area contributed by atoms with E-state index in [1.165, 1.54) is 0 Å².